The fourth-order valence-electron chi connectivity index (χ4n) is 4.53. The normalized spacial score (nSPS) is 16.7. The van der Waals surface area contributed by atoms with Crippen LogP contribution in [0.3, 0.4) is 0 Å². The van der Waals surface area contributed by atoms with Crippen LogP contribution in [0.15, 0.2) is 47.1 Å². The number of oxazole rings is 1. The number of fused-ring (bicyclic) bond motifs is 5. The first-order chi connectivity index (χ1) is 19.7. The third-order valence-electron chi connectivity index (χ3n) is 6.87. The highest BCUT2D eigenvalue weighted by Crippen LogP contribution is 2.33. The first-order valence-corrected chi connectivity index (χ1v) is 13.8. The Hall–Kier alpha value is -4.41. The second-order valence-corrected chi connectivity index (χ2v) is 10.3. The van der Waals surface area contributed by atoms with E-state index in [2.05, 4.69) is 20.6 Å². The highest BCUT2D eigenvalue weighted by atomic mass is 16.5. The van der Waals surface area contributed by atoms with Gasteiger partial charge in [-0.25, -0.2) is 4.98 Å². The Morgan fingerprint density at radius 2 is 2.07 bits per heavy atom. The Morgan fingerprint density at radius 1 is 1.24 bits per heavy atom. The number of hydrogen-bond donors (Lipinski definition) is 2. The molecule has 2 aromatic heterocycles. The zero-order valence-electron chi connectivity index (χ0n) is 23.9. The fraction of sp³-hybridized carbons (Fsp3) is 0.433. The molecule has 0 saturated carbocycles. The zero-order valence-corrected chi connectivity index (χ0v) is 23.9. The zero-order chi connectivity index (χ0) is 29.4. The minimum Gasteiger partial charge on any atom is -0.493 e. The number of ether oxygens (including phenoxy) is 2. The Kier molecular flexibility index (Phi) is 9.94. The average Bonchev–Trinajstić information content (AvgIpc) is 3.34. The van der Waals surface area contributed by atoms with Crippen molar-refractivity contribution in [3.8, 4) is 23.0 Å². The van der Waals surface area contributed by atoms with E-state index in [1.54, 1.807) is 38.6 Å². The van der Waals surface area contributed by atoms with Crippen LogP contribution in [0.4, 0.5) is 0 Å². The van der Waals surface area contributed by atoms with Gasteiger partial charge in [-0.05, 0) is 55.5 Å². The van der Waals surface area contributed by atoms with E-state index in [0.717, 1.165) is 5.56 Å². The number of aromatic nitrogens is 2. The van der Waals surface area contributed by atoms with Crippen LogP contribution in [-0.4, -0.2) is 65.4 Å². The molecule has 11 nitrogen and oxygen atoms in total. The lowest BCUT2D eigenvalue weighted by atomic mass is 10.0. The summed E-state index contributed by atoms with van der Waals surface area (Å²) in [6, 6.07) is 8.33. The van der Waals surface area contributed by atoms with Gasteiger partial charge in [0.1, 0.15) is 17.5 Å². The van der Waals surface area contributed by atoms with Crippen molar-refractivity contribution in [3.05, 3.63) is 59.7 Å². The number of carbonyl (C=O) groups excluding carboxylic acids is 3. The molecule has 1 atom stereocenters. The van der Waals surface area contributed by atoms with Gasteiger partial charge in [0.15, 0.2) is 11.5 Å². The number of nitrogens with one attached hydrogen (secondary N) is 2. The molecular formula is C30H37N5O6. The smallest absolute Gasteiger partial charge is 0.243 e. The van der Waals surface area contributed by atoms with Gasteiger partial charge in [-0.3, -0.25) is 19.4 Å². The maximum absolute atomic E-state index is 13.2. The van der Waals surface area contributed by atoms with Crippen LogP contribution < -0.4 is 20.1 Å². The van der Waals surface area contributed by atoms with E-state index in [0.29, 0.717) is 53.8 Å². The predicted octanol–water partition coefficient (Wildman–Crippen LogP) is 3.05. The molecule has 0 spiro atoms. The van der Waals surface area contributed by atoms with Crippen molar-refractivity contribution in [2.45, 2.75) is 52.6 Å². The summed E-state index contributed by atoms with van der Waals surface area (Å²) < 4.78 is 17.4. The summed E-state index contributed by atoms with van der Waals surface area (Å²) in [5, 5.41) is 5.68. The fourth-order valence-corrected chi connectivity index (χ4v) is 4.53. The van der Waals surface area contributed by atoms with Crippen molar-refractivity contribution in [1.82, 2.24) is 25.5 Å². The van der Waals surface area contributed by atoms with Crippen molar-refractivity contribution < 1.29 is 28.3 Å². The summed E-state index contributed by atoms with van der Waals surface area (Å²) in [7, 11) is 1.56. The number of hydrogen-bond acceptors (Lipinski definition) is 8. The molecular weight excluding hydrogens is 526 g/mol. The molecule has 4 rings (SSSR count). The van der Waals surface area contributed by atoms with E-state index in [-0.39, 0.29) is 43.8 Å². The van der Waals surface area contributed by atoms with Crippen LogP contribution in [0.1, 0.15) is 43.7 Å². The largest absolute Gasteiger partial charge is 0.493 e. The van der Waals surface area contributed by atoms with Gasteiger partial charge in [0.2, 0.25) is 23.6 Å². The van der Waals surface area contributed by atoms with E-state index < -0.39 is 11.9 Å². The van der Waals surface area contributed by atoms with Gasteiger partial charge in [-0.2, -0.15) is 0 Å². The first kappa shape index (κ1) is 29.6. The minimum absolute atomic E-state index is 0.131. The van der Waals surface area contributed by atoms with E-state index in [1.165, 1.54) is 4.90 Å². The lowest BCUT2D eigenvalue weighted by Gasteiger charge is -2.26. The maximum Gasteiger partial charge on any atom is 0.243 e. The molecule has 0 unspecified atom stereocenters. The van der Waals surface area contributed by atoms with Crippen molar-refractivity contribution in [2.75, 3.05) is 26.8 Å². The second-order valence-electron chi connectivity index (χ2n) is 10.3. The van der Waals surface area contributed by atoms with Gasteiger partial charge in [0.25, 0.3) is 0 Å². The SMILES string of the molecule is COc1ccc2cc1OCCCN(C(=O)CCc1cccnc1)CC(=O)N[C@@H](C(C)C)C(=O)NCc1nc-2oc1C. The molecule has 0 fully saturated rings. The maximum atomic E-state index is 13.2. The molecule has 11 heteroatoms. The molecule has 0 saturated heterocycles. The van der Waals surface area contributed by atoms with Crippen LogP contribution in [0.25, 0.3) is 11.5 Å². The van der Waals surface area contributed by atoms with E-state index in [1.807, 2.05) is 32.0 Å². The molecule has 218 valence electrons. The lowest BCUT2D eigenvalue weighted by Crippen LogP contribution is -2.52. The summed E-state index contributed by atoms with van der Waals surface area (Å²) in [5.74, 6) is 0.905. The van der Waals surface area contributed by atoms with Crippen molar-refractivity contribution in [2.24, 2.45) is 5.92 Å². The standard InChI is InChI=1S/C30H37N5O6/c1-19(2)28-29(38)32-17-23-20(3)41-30(33-23)22-9-10-24(39-4)25(15-22)40-14-6-13-35(18-26(36)34-28)27(37)11-8-21-7-5-12-31-16-21/h5,7,9-10,12,15-16,19,28H,6,8,11,13-14,17-18H2,1-4H3,(H,32,38)(H,34,36)/t28-/m0/s1. The molecule has 1 aliphatic rings. The summed E-state index contributed by atoms with van der Waals surface area (Å²) in [6.07, 6.45) is 4.60. The van der Waals surface area contributed by atoms with Crippen molar-refractivity contribution in [1.29, 1.82) is 0 Å². The van der Waals surface area contributed by atoms with Gasteiger partial charge in [-0.15, -0.1) is 0 Å². The quantitative estimate of drug-likeness (QED) is 0.484. The third-order valence-corrected chi connectivity index (χ3v) is 6.87. The lowest BCUT2D eigenvalue weighted by molar-refractivity contribution is -0.137. The molecule has 3 amide bonds. The molecule has 0 radical (unpaired) electrons. The summed E-state index contributed by atoms with van der Waals surface area (Å²) in [4.78, 5) is 49.6. The molecule has 41 heavy (non-hydrogen) atoms. The molecule has 0 aliphatic carbocycles. The van der Waals surface area contributed by atoms with Gasteiger partial charge < -0.3 is 29.4 Å². The number of amides is 3. The van der Waals surface area contributed by atoms with Gasteiger partial charge in [-0.1, -0.05) is 19.9 Å². The van der Waals surface area contributed by atoms with Crippen LogP contribution in [0.2, 0.25) is 0 Å². The molecule has 3 heterocycles. The van der Waals surface area contributed by atoms with Crippen LogP contribution in [0.5, 0.6) is 11.5 Å². The van der Waals surface area contributed by atoms with Crippen LogP contribution >= 0.6 is 0 Å². The third kappa shape index (κ3) is 7.84. The number of pyridine rings is 1. The molecule has 4 bridgehead atoms. The van der Waals surface area contributed by atoms with Gasteiger partial charge in [0.05, 0.1) is 26.8 Å². The summed E-state index contributed by atoms with van der Waals surface area (Å²) in [5.41, 5.74) is 2.21. The first-order valence-electron chi connectivity index (χ1n) is 13.8. The Balaban J connectivity index is 1.58. The molecule has 1 aromatic carbocycles. The van der Waals surface area contributed by atoms with E-state index in [9.17, 15) is 14.4 Å². The Morgan fingerprint density at radius 3 is 2.80 bits per heavy atom. The summed E-state index contributed by atoms with van der Waals surface area (Å²) >= 11 is 0. The molecule has 1 aliphatic heterocycles. The van der Waals surface area contributed by atoms with E-state index >= 15 is 0 Å². The number of methoxy groups -OCH3 is 1. The number of carbonyl (C=O) groups is 3. The highest BCUT2D eigenvalue weighted by molar-refractivity contribution is 5.90. The second kappa shape index (κ2) is 13.8. The monoisotopic (exact) mass is 563 g/mol. The van der Waals surface area contributed by atoms with Crippen LogP contribution in [-0.2, 0) is 27.3 Å². The molecule has 2 N–H and O–H groups in total. The predicted molar refractivity (Wildman–Crippen MR) is 151 cm³/mol. The summed E-state index contributed by atoms with van der Waals surface area (Å²) in [6.45, 7) is 6.02. The van der Waals surface area contributed by atoms with Crippen molar-refractivity contribution >= 4 is 17.7 Å². The highest BCUT2D eigenvalue weighted by Gasteiger charge is 2.27. The van der Waals surface area contributed by atoms with Gasteiger partial charge in [0, 0.05) is 30.9 Å². The van der Waals surface area contributed by atoms with Crippen LogP contribution in [0, 0.1) is 12.8 Å². The van der Waals surface area contributed by atoms with Gasteiger partial charge >= 0.3 is 0 Å². The minimum atomic E-state index is -0.784. The topological polar surface area (TPSA) is 136 Å². The number of aryl methyl sites for hydroxylation is 2. The average molecular weight is 564 g/mol. The number of benzene rings is 1. The number of rotatable bonds is 5. The Bertz CT molecular complexity index is 1360. The Labute approximate surface area is 239 Å². The van der Waals surface area contributed by atoms with Crippen molar-refractivity contribution in [3.63, 3.8) is 0 Å². The number of nitrogens with zero attached hydrogens (tertiary/aromatic N) is 3. The molecule has 3 aromatic rings. The van der Waals surface area contributed by atoms with E-state index in [4.69, 9.17) is 13.9 Å².